The SMILES string of the molecule is Cc1nn(C(C)C)c(C)c1CN1CCC(c2cccc(Nc3ccccn3)n2)CC1. The van der Waals surface area contributed by atoms with Crippen molar-refractivity contribution in [3.05, 3.63) is 65.2 Å². The molecule has 0 bridgehead atoms. The van der Waals surface area contributed by atoms with Gasteiger partial charge < -0.3 is 5.32 Å². The maximum atomic E-state index is 4.87. The zero-order chi connectivity index (χ0) is 21.1. The first-order chi connectivity index (χ1) is 14.5. The monoisotopic (exact) mass is 404 g/mol. The van der Waals surface area contributed by atoms with E-state index in [1.165, 1.54) is 22.6 Å². The van der Waals surface area contributed by atoms with Crippen LogP contribution in [-0.4, -0.2) is 37.7 Å². The van der Waals surface area contributed by atoms with E-state index in [-0.39, 0.29) is 0 Å². The van der Waals surface area contributed by atoms with Gasteiger partial charge in [0.1, 0.15) is 11.6 Å². The molecule has 0 spiro atoms. The second kappa shape index (κ2) is 8.96. The Morgan fingerprint density at radius 3 is 2.47 bits per heavy atom. The fourth-order valence-corrected chi connectivity index (χ4v) is 4.36. The van der Waals surface area contributed by atoms with Gasteiger partial charge in [-0.15, -0.1) is 0 Å². The lowest BCUT2D eigenvalue weighted by Crippen LogP contribution is -2.33. The van der Waals surface area contributed by atoms with E-state index in [0.717, 1.165) is 44.1 Å². The third-order valence-corrected chi connectivity index (χ3v) is 6.04. The van der Waals surface area contributed by atoms with Crippen molar-refractivity contribution in [3.63, 3.8) is 0 Å². The van der Waals surface area contributed by atoms with Crippen LogP contribution in [0.1, 0.15) is 61.3 Å². The predicted octanol–water partition coefficient (Wildman–Crippen LogP) is 4.99. The number of pyridine rings is 2. The molecule has 4 heterocycles. The number of nitrogens with one attached hydrogen (secondary N) is 1. The standard InChI is InChI=1S/C24H32N6/c1-17(2)30-19(4)21(18(3)28-30)16-29-14-11-20(12-15-29)22-8-7-10-24(26-22)27-23-9-5-6-13-25-23/h5-10,13,17,20H,11-12,14-16H2,1-4H3,(H,25,26,27). The summed E-state index contributed by atoms with van der Waals surface area (Å²) in [6.07, 6.45) is 4.06. The van der Waals surface area contributed by atoms with E-state index >= 15 is 0 Å². The van der Waals surface area contributed by atoms with E-state index in [9.17, 15) is 0 Å². The molecule has 1 saturated heterocycles. The summed E-state index contributed by atoms with van der Waals surface area (Å²) < 4.78 is 2.15. The smallest absolute Gasteiger partial charge is 0.131 e. The largest absolute Gasteiger partial charge is 0.325 e. The minimum absolute atomic E-state index is 0.404. The molecule has 1 aliphatic rings. The van der Waals surface area contributed by atoms with Crippen LogP contribution in [0.15, 0.2) is 42.6 Å². The molecule has 6 nitrogen and oxygen atoms in total. The first-order valence-electron chi connectivity index (χ1n) is 10.9. The van der Waals surface area contributed by atoms with E-state index in [2.05, 4.69) is 59.7 Å². The van der Waals surface area contributed by atoms with Crippen LogP contribution < -0.4 is 5.32 Å². The molecule has 0 aliphatic carbocycles. The minimum Gasteiger partial charge on any atom is -0.325 e. The summed E-state index contributed by atoms with van der Waals surface area (Å²) in [4.78, 5) is 11.8. The lowest BCUT2D eigenvalue weighted by Gasteiger charge is -2.32. The molecule has 1 N–H and O–H groups in total. The Morgan fingerprint density at radius 1 is 1.03 bits per heavy atom. The van der Waals surface area contributed by atoms with E-state index < -0.39 is 0 Å². The molecule has 158 valence electrons. The molecule has 30 heavy (non-hydrogen) atoms. The highest BCUT2D eigenvalue weighted by Crippen LogP contribution is 2.29. The van der Waals surface area contributed by atoms with Crippen molar-refractivity contribution < 1.29 is 0 Å². The van der Waals surface area contributed by atoms with Crippen molar-refractivity contribution in [2.75, 3.05) is 18.4 Å². The maximum Gasteiger partial charge on any atom is 0.131 e. The van der Waals surface area contributed by atoms with Crippen LogP contribution in [0.3, 0.4) is 0 Å². The molecule has 1 aliphatic heterocycles. The molecular formula is C24H32N6. The number of aromatic nitrogens is 4. The summed E-state index contributed by atoms with van der Waals surface area (Å²) in [6.45, 7) is 11.9. The van der Waals surface area contributed by atoms with Crippen molar-refractivity contribution in [2.24, 2.45) is 0 Å². The molecule has 1 fully saturated rings. The van der Waals surface area contributed by atoms with Gasteiger partial charge in [0.05, 0.1) is 5.69 Å². The van der Waals surface area contributed by atoms with Gasteiger partial charge in [-0.1, -0.05) is 12.1 Å². The number of likely N-dealkylation sites (tertiary alicyclic amines) is 1. The molecule has 0 aromatic carbocycles. The lowest BCUT2D eigenvalue weighted by molar-refractivity contribution is 0.202. The second-order valence-corrected chi connectivity index (χ2v) is 8.53. The average molecular weight is 405 g/mol. The fraction of sp³-hybridized carbons (Fsp3) is 0.458. The quantitative estimate of drug-likeness (QED) is 0.627. The van der Waals surface area contributed by atoms with E-state index in [0.29, 0.717) is 12.0 Å². The van der Waals surface area contributed by atoms with Gasteiger partial charge >= 0.3 is 0 Å². The number of hydrogen-bond donors (Lipinski definition) is 1. The Labute approximate surface area is 179 Å². The lowest BCUT2D eigenvalue weighted by atomic mass is 9.92. The molecule has 4 rings (SSSR count). The highest BCUT2D eigenvalue weighted by atomic mass is 15.3. The van der Waals surface area contributed by atoms with E-state index in [1.54, 1.807) is 6.20 Å². The summed E-state index contributed by atoms with van der Waals surface area (Å²) in [5.41, 5.74) is 5.04. The van der Waals surface area contributed by atoms with Gasteiger partial charge in [0.15, 0.2) is 0 Å². The van der Waals surface area contributed by atoms with Crippen molar-refractivity contribution >= 4 is 11.6 Å². The second-order valence-electron chi connectivity index (χ2n) is 8.53. The molecule has 0 radical (unpaired) electrons. The van der Waals surface area contributed by atoms with Crippen LogP contribution in [-0.2, 0) is 6.54 Å². The number of piperidine rings is 1. The molecule has 0 atom stereocenters. The van der Waals surface area contributed by atoms with Crippen molar-refractivity contribution in [2.45, 2.75) is 59.0 Å². The van der Waals surface area contributed by atoms with Gasteiger partial charge in [0.25, 0.3) is 0 Å². The Hall–Kier alpha value is -2.73. The highest BCUT2D eigenvalue weighted by molar-refractivity contribution is 5.51. The van der Waals surface area contributed by atoms with E-state index in [1.807, 2.05) is 24.3 Å². The zero-order valence-corrected chi connectivity index (χ0v) is 18.5. The third-order valence-electron chi connectivity index (χ3n) is 6.04. The Morgan fingerprint density at radius 2 is 1.80 bits per heavy atom. The van der Waals surface area contributed by atoms with Gasteiger partial charge in [0.2, 0.25) is 0 Å². The Kier molecular flexibility index (Phi) is 6.13. The van der Waals surface area contributed by atoms with Crippen LogP contribution in [0, 0.1) is 13.8 Å². The zero-order valence-electron chi connectivity index (χ0n) is 18.5. The van der Waals surface area contributed by atoms with Gasteiger partial charge in [-0.3, -0.25) is 9.58 Å². The number of nitrogens with zero attached hydrogens (tertiary/aromatic N) is 5. The van der Waals surface area contributed by atoms with Crippen molar-refractivity contribution in [1.82, 2.24) is 24.6 Å². The average Bonchev–Trinajstić information content (AvgIpc) is 3.04. The number of rotatable bonds is 6. The van der Waals surface area contributed by atoms with Gasteiger partial charge in [-0.25, -0.2) is 9.97 Å². The molecular weight excluding hydrogens is 372 g/mol. The van der Waals surface area contributed by atoms with E-state index in [4.69, 9.17) is 10.1 Å². The van der Waals surface area contributed by atoms with Crippen LogP contribution in [0.4, 0.5) is 11.6 Å². The fourth-order valence-electron chi connectivity index (χ4n) is 4.36. The number of aryl methyl sites for hydroxylation is 1. The van der Waals surface area contributed by atoms with Gasteiger partial charge in [-0.2, -0.15) is 5.10 Å². The molecule has 0 amide bonds. The van der Waals surface area contributed by atoms with Crippen LogP contribution in [0.2, 0.25) is 0 Å². The molecule has 3 aromatic rings. The van der Waals surface area contributed by atoms with Crippen LogP contribution in [0.25, 0.3) is 0 Å². The molecule has 0 unspecified atom stereocenters. The summed E-state index contributed by atoms with van der Waals surface area (Å²) in [6, 6.07) is 12.5. The molecule has 6 heteroatoms. The highest BCUT2D eigenvalue weighted by Gasteiger charge is 2.24. The number of anilines is 2. The molecule has 3 aromatic heterocycles. The summed E-state index contributed by atoms with van der Waals surface area (Å²) in [5, 5.41) is 8.06. The normalized spacial score (nSPS) is 15.6. The third kappa shape index (κ3) is 4.54. The maximum absolute atomic E-state index is 4.87. The van der Waals surface area contributed by atoms with Gasteiger partial charge in [-0.05, 0) is 77.9 Å². The summed E-state index contributed by atoms with van der Waals surface area (Å²) in [7, 11) is 0. The van der Waals surface area contributed by atoms with Crippen LogP contribution in [0.5, 0.6) is 0 Å². The topological polar surface area (TPSA) is 58.9 Å². The van der Waals surface area contributed by atoms with Crippen molar-refractivity contribution in [3.8, 4) is 0 Å². The summed E-state index contributed by atoms with van der Waals surface area (Å²) in [5.74, 6) is 2.19. The van der Waals surface area contributed by atoms with Crippen molar-refractivity contribution in [1.29, 1.82) is 0 Å². The summed E-state index contributed by atoms with van der Waals surface area (Å²) >= 11 is 0. The predicted molar refractivity (Wildman–Crippen MR) is 121 cm³/mol. The minimum atomic E-state index is 0.404. The Bertz CT molecular complexity index is 971. The first-order valence-corrected chi connectivity index (χ1v) is 10.9. The number of hydrogen-bond acceptors (Lipinski definition) is 5. The Balaban J connectivity index is 1.38. The first kappa shape index (κ1) is 20.5. The van der Waals surface area contributed by atoms with Gasteiger partial charge in [0, 0.05) is 41.7 Å². The van der Waals surface area contributed by atoms with Crippen LogP contribution >= 0.6 is 0 Å². The molecule has 0 saturated carbocycles.